The van der Waals surface area contributed by atoms with E-state index in [4.69, 9.17) is 4.74 Å². The van der Waals surface area contributed by atoms with Crippen molar-refractivity contribution < 1.29 is 4.74 Å². The SMILES string of the molecule is Cn1ccc2ncnc(N[C@H]3CC[C@H](N4CCOCC4)CC3)c21. The largest absolute Gasteiger partial charge is 0.379 e. The molecule has 1 aliphatic heterocycles. The zero-order chi connectivity index (χ0) is 15.6. The van der Waals surface area contributed by atoms with Gasteiger partial charge in [-0.05, 0) is 31.7 Å². The van der Waals surface area contributed by atoms with E-state index in [1.807, 2.05) is 19.3 Å². The fourth-order valence-corrected chi connectivity index (χ4v) is 3.95. The van der Waals surface area contributed by atoms with E-state index in [1.54, 1.807) is 6.33 Å². The van der Waals surface area contributed by atoms with Crippen molar-refractivity contribution in [3.8, 4) is 0 Å². The summed E-state index contributed by atoms with van der Waals surface area (Å²) >= 11 is 0. The van der Waals surface area contributed by atoms with Crippen molar-refractivity contribution in [2.24, 2.45) is 7.05 Å². The number of rotatable bonds is 3. The van der Waals surface area contributed by atoms with E-state index in [1.165, 1.54) is 25.7 Å². The molecule has 1 aliphatic carbocycles. The lowest BCUT2D eigenvalue weighted by molar-refractivity contribution is 0.00791. The molecule has 0 atom stereocenters. The first kappa shape index (κ1) is 14.9. The summed E-state index contributed by atoms with van der Waals surface area (Å²) in [6.07, 6.45) is 8.64. The number of nitrogens with zero attached hydrogens (tertiary/aromatic N) is 4. The summed E-state index contributed by atoms with van der Waals surface area (Å²) in [5.41, 5.74) is 2.11. The van der Waals surface area contributed by atoms with Gasteiger partial charge in [0.25, 0.3) is 0 Å². The number of ether oxygens (including phenoxy) is 1. The molecule has 0 aromatic carbocycles. The van der Waals surface area contributed by atoms with Gasteiger partial charge in [0.1, 0.15) is 11.8 Å². The van der Waals surface area contributed by atoms with Crippen LogP contribution in [0, 0.1) is 0 Å². The van der Waals surface area contributed by atoms with Crippen LogP contribution in [0.2, 0.25) is 0 Å². The molecule has 2 aromatic rings. The third-order valence-electron chi connectivity index (χ3n) is 5.26. The lowest BCUT2D eigenvalue weighted by atomic mass is 9.90. The standard InChI is InChI=1S/C17H25N5O/c1-21-7-6-15-16(21)17(19-12-18-15)20-13-2-4-14(5-3-13)22-8-10-23-11-9-22/h6-7,12-14H,2-5,8-11H2,1H3,(H,18,19,20)/t13-,14-. The van der Waals surface area contributed by atoms with Gasteiger partial charge in [0.05, 0.1) is 18.7 Å². The van der Waals surface area contributed by atoms with Crippen LogP contribution < -0.4 is 5.32 Å². The number of aryl methyl sites for hydroxylation is 1. The summed E-state index contributed by atoms with van der Waals surface area (Å²) < 4.78 is 7.56. The Bertz CT molecular complexity index is 656. The van der Waals surface area contributed by atoms with Gasteiger partial charge in [-0.3, -0.25) is 4.90 Å². The Morgan fingerprint density at radius 2 is 1.91 bits per heavy atom. The molecule has 0 bridgehead atoms. The molecule has 2 aliphatic rings. The van der Waals surface area contributed by atoms with Gasteiger partial charge >= 0.3 is 0 Å². The number of hydrogen-bond acceptors (Lipinski definition) is 5. The first-order valence-corrected chi connectivity index (χ1v) is 8.65. The molecule has 0 amide bonds. The van der Waals surface area contributed by atoms with E-state index in [2.05, 4.69) is 24.8 Å². The van der Waals surface area contributed by atoms with Crippen LogP contribution in [-0.4, -0.2) is 57.8 Å². The van der Waals surface area contributed by atoms with Crippen LogP contribution in [0.25, 0.3) is 11.0 Å². The number of aromatic nitrogens is 3. The Hall–Kier alpha value is -1.66. The lowest BCUT2D eigenvalue weighted by Crippen LogP contribution is -2.46. The Balaban J connectivity index is 1.40. The van der Waals surface area contributed by atoms with Crippen LogP contribution in [0.4, 0.5) is 5.82 Å². The zero-order valence-corrected chi connectivity index (χ0v) is 13.7. The molecule has 0 spiro atoms. The number of fused-ring (bicyclic) bond motifs is 1. The normalized spacial score (nSPS) is 26.5. The topological polar surface area (TPSA) is 55.2 Å². The van der Waals surface area contributed by atoms with Gasteiger partial charge < -0.3 is 14.6 Å². The molecule has 23 heavy (non-hydrogen) atoms. The molecule has 124 valence electrons. The van der Waals surface area contributed by atoms with Gasteiger partial charge in [0, 0.05) is 38.4 Å². The van der Waals surface area contributed by atoms with Gasteiger partial charge in [0.2, 0.25) is 0 Å². The second kappa shape index (κ2) is 6.45. The quantitative estimate of drug-likeness (QED) is 0.939. The van der Waals surface area contributed by atoms with Crippen molar-refractivity contribution in [2.45, 2.75) is 37.8 Å². The van der Waals surface area contributed by atoms with Crippen molar-refractivity contribution in [3.05, 3.63) is 18.6 Å². The van der Waals surface area contributed by atoms with Gasteiger partial charge in [-0.1, -0.05) is 0 Å². The minimum absolute atomic E-state index is 0.514. The van der Waals surface area contributed by atoms with Crippen molar-refractivity contribution >= 4 is 16.9 Å². The Kier molecular flexibility index (Phi) is 4.18. The second-order valence-corrected chi connectivity index (χ2v) is 6.68. The maximum absolute atomic E-state index is 5.46. The van der Waals surface area contributed by atoms with E-state index in [-0.39, 0.29) is 0 Å². The van der Waals surface area contributed by atoms with E-state index < -0.39 is 0 Å². The van der Waals surface area contributed by atoms with E-state index >= 15 is 0 Å². The molecular formula is C17H25N5O. The molecule has 1 saturated carbocycles. The van der Waals surface area contributed by atoms with Crippen LogP contribution in [0.1, 0.15) is 25.7 Å². The van der Waals surface area contributed by atoms with Crippen LogP contribution in [0.3, 0.4) is 0 Å². The van der Waals surface area contributed by atoms with Crippen LogP contribution in [0.15, 0.2) is 18.6 Å². The zero-order valence-electron chi connectivity index (χ0n) is 13.7. The average molecular weight is 315 g/mol. The third kappa shape index (κ3) is 3.05. The molecule has 4 rings (SSSR count). The van der Waals surface area contributed by atoms with Crippen LogP contribution >= 0.6 is 0 Å². The smallest absolute Gasteiger partial charge is 0.154 e. The Morgan fingerprint density at radius 3 is 2.70 bits per heavy atom. The maximum atomic E-state index is 5.46. The van der Waals surface area contributed by atoms with Gasteiger partial charge in [0.15, 0.2) is 5.82 Å². The van der Waals surface area contributed by atoms with E-state index in [9.17, 15) is 0 Å². The lowest BCUT2D eigenvalue weighted by Gasteiger charge is -2.39. The summed E-state index contributed by atoms with van der Waals surface area (Å²) in [5, 5.41) is 3.66. The predicted molar refractivity (Wildman–Crippen MR) is 90.6 cm³/mol. The highest BCUT2D eigenvalue weighted by atomic mass is 16.5. The molecule has 1 saturated heterocycles. The van der Waals surface area contributed by atoms with Crippen molar-refractivity contribution in [3.63, 3.8) is 0 Å². The average Bonchev–Trinajstić information content (AvgIpc) is 2.99. The van der Waals surface area contributed by atoms with Gasteiger partial charge in [-0.2, -0.15) is 0 Å². The fraction of sp³-hybridized carbons (Fsp3) is 0.647. The molecule has 0 radical (unpaired) electrons. The third-order valence-corrected chi connectivity index (χ3v) is 5.26. The minimum Gasteiger partial charge on any atom is -0.379 e. The number of hydrogen-bond donors (Lipinski definition) is 1. The van der Waals surface area contributed by atoms with Crippen LogP contribution in [0.5, 0.6) is 0 Å². The van der Waals surface area contributed by atoms with Crippen LogP contribution in [-0.2, 0) is 11.8 Å². The summed E-state index contributed by atoms with van der Waals surface area (Å²) in [4.78, 5) is 11.4. The Labute approximate surface area is 136 Å². The molecular weight excluding hydrogens is 290 g/mol. The highest BCUT2D eigenvalue weighted by Crippen LogP contribution is 2.27. The number of morpholine rings is 1. The van der Waals surface area contributed by atoms with E-state index in [0.29, 0.717) is 6.04 Å². The number of anilines is 1. The molecule has 3 heterocycles. The first-order chi connectivity index (χ1) is 11.3. The molecule has 2 fully saturated rings. The van der Waals surface area contributed by atoms with E-state index in [0.717, 1.165) is 49.2 Å². The molecule has 6 heteroatoms. The summed E-state index contributed by atoms with van der Waals surface area (Å²) in [5.74, 6) is 0.970. The van der Waals surface area contributed by atoms with Crippen molar-refractivity contribution in [1.29, 1.82) is 0 Å². The summed E-state index contributed by atoms with van der Waals surface area (Å²) in [7, 11) is 2.05. The number of nitrogens with one attached hydrogen (secondary N) is 1. The highest BCUT2D eigenvalue weighted by Gasteiger charge is 2.27. The molecule has 0 unspecified atom stereocenters. The fourth-order valence-electron chi connectivity index (χ4n) is 3.95. The predicted octanol–water partition coefficient (Wildman–Crippen LogP) is 2.02. The molecule has 1 N–H and O–H groups in total. The van der Waals surface area contributed by atoms with Gasteiger partial charge in [-0.15, -0.1) is 0 Å². The molecule has 6 nitrogen and oxygen atoms in total. The van der Waals surface area contributed by atoms with Crippen molar-refractivity contribution in [2.75, 3.05) is 31.6 Å². The summed E-state index contributed by atoms with van der Waals surface area (Å²) in [6.45, 7) is 3.98. The summed E-state index contributed by atoms with van der Waals surface area (Å²) in [6, 6.07) is 3.29. The first-order valence-electron chi connectivity index (χ1n) is 8.65. The second-order valence-electron chi connectivity index (χ2n) is 6.68. The molecule has 2 aromatic heterocycles. The maximum Gasteiger partial charge on any atom is 0.154 e. The van der Waals surface area contributed by atoms with Gasteiger partial charge in [-0.25, -0.2) is 9.97 Å². The van der Waals surface area contributed by atoms with Crippen molar-refractivity contribution in [1.82, 2.24) is 19.4 Å². The Morgan fingerprint density at radius 1 is 1.13 bits per heavy atom. The highest BCUT2D eigenvalue weighted by molar-refractivity contribution is 5.86. The monoisotopic (exact) mass is 315 g/mol. The minimum atomic E-state index is 0.514.